The number of aromatic amines is 1. The Morgan fingerprint density at radius 1 is 1.33 bits per heavy atom. The molecule has 1 aliphatic heterocycles. The molecular weight excluding hydrogens is 342 g/mol. The molecule has 0 radical (unpaired) electrons. The second kappa shape index (κ2) is 6.91. The standard InChI is InChI=1S/C14H16F2N4O3S/c15-11-2-1-3-12(16)10(11)7-24(21,22)19-6-9-4-5-23-13(9)14-17-8-18-20-14/h1-3,8-9,13,19H,4-7H2,(H,17,18,20)/t9-,13-/m0/s1. The third-order valence-corrected chi connectivity index (χ3v) is 5.15. The van der Waals surface area contributed by atoms with Crippen LogP contribution in [0.4, 0.5) is 8.78 Å². The zero-order valence-electron chi connectivity index (χ0n) is 12.6. The lowest BCUT2D eigenvalue weighted by Crippen LogP contribution is -2.32. The molecule has 1 fully saturated rings. The first-order valence-electron chi connectivity index (χ1n) is 7.33. The Balaban J connectivity index is 1.65. The van der Waals surface area contributed by atoms with E-state index in [9.17, 15) is 17.2 Å². The number of aromatic nitrogens is 3. The minimum atomic E-state index is -3.89. The van der Waals surface area contributed by atoms with Crippen LogP contribution in [0, 0.1) is 17.6 Å². The molecule has 130 valence electrons. The highest BCUT2D eigenvalue weighted by molar-refractivity contribution is 7.88. The Labute approximate surface area is 137 Å². The number of benzene rings is 1. The van der Waals surface area contributed by atoms with Crippen molar-refractivity contribution in [3.63, 3.8) is 0 Å². The van der Waals surface area contributed by atoms with E-state index in [0.29, 0.717) is 18.9 Å². The van der Waals surface area contributed by atoms with Crippen LogP contribution in [0.3, 0.4) is 0 Å². The number of nitrogens with zero attached hydrogens (tertiary/aromatic N) is 2. The van der Waals surface area contributed by atoms with Gasteiger partial charge in [0.05, 0.1) is 5.75 Å². The van der Waals surface area contributed by atoms with Crippen LogP contribution in [0.5, 0.6) is 0 Å². The summed E-state index contributed by atoms with van der Waals surface area (Å²) in [6.07, 6.45) is 1.60. The molecule has 0 saturated carbocycles. The summed E-state index contributed by atoms with van der Waals surface area (Å²) < 4.78 is 59.4. The van der Waals surface area contributed by atoms with E-state index in [0.717, 1.165) is 12.1 Å². The largest absolute Gasteiger partial charge is 0.370 e. The van der Waals surface area contributed by atoms with Crippen LogP contribution in [-0.4, -0.2) is 36.8 Å². The smallest absolute Gasteiger partial charge is 0.216 e. The molecule has 1 saturated heterocycles. The van der Waals surface area contributed by atoms with Gasteiger partial charge in [0, 0.05) is 24.6 Å². The molecule has 0 bridgehead atoms. The fourth-order valence-corrected chi connectivity index (χ4v) is 3.87. The van der Waals surface area contributed by atoms with Gasteiger partial charge in [-0.3, -0.25) is 5.10 Å². The first kappa shape index (κ1) is 16.9. The topological polar surface area (TPSA) is 97.0 Å². The van der Waals surface area contributed by atoms with Crippen molar-refractivity contribution in [3.05, 3.63) is 47.5 Å². The van der Waals surface area contributed by atoms with E-state index >= 15 is 0 Å². The summed E-state index contributed by atoms with van der Waals surface area (Å²) in [5, 5.41) is 6.45. The van der Waals surface area contributed by atoms with Crippen LogP contribution >= 0.6 is 0 Å². The molecule has 2 atom stereocenters. The number of hydrogen-bond donors (Lipinski definition) is 2. The predicted molar refractivity (Wildman–Crippen MR) is 80.2 cm³/mol. The second-order valence-corrected chi connectivity index (χ2v) is 7.33. The van der Waals surface area contributed by atoms with Crippen molar-refractivity contribution in [2.24, 2.45) is 5.92 Å². The summed E-state index contributed by atoms with van der Waals surface area (Å²) in [7, 11) is -3.89. The lowest BCUT2D eigenvalue weighted by Gasteiger charge is -2.17. The van der Waals surface area contributed by atoms with E-state index < -0.39 is 33.0 Å². The minimum Gasteiger partial charge on any atom is -0.370 e. The summed E-state index contributed by atoms with van der Waals surface area (Å²) in [6.45, 7) is 0.559. The van der Waals surface area contributed by atoms with Crippen molar-refractivity contribution in [3.8, 4) is 0 Å². The highest BCUT2D eigenvalue weighted by atomic mass is 32.2. The summed E-state index contributed by atoms with van der Waals surface area (Å²) in [4.78, 5) is 4.02. The highest BCUT2D eigenvalue weighted by Gasteiger charge is 2.32. The molecule has 7 nitrogen and oxygen atoms in total. The molecule has 0 amide bonds. The number of hydrogen-bond acceptors (Lipinski definition) is 5. The van der Waals surface area contributed by atoms with Gasteiger partial charge in [-0.15, -0.1) is 0 Å². The maximum atomic E-state index is 13.6. The molecule has 0 spiro atoms. The quantitative estimate of drug-likeness (QED) is 0.811. The van der Waals surface area contributed by atoms with Crippen molar-refractivity contribution in [1.29, 1.82) is 0 Å². The molecule has 24 heavy (non-hydrogen) atoms. The van der Waals surface area contributed by atoms with Crippen molar-refractivity contribution in [2.75, 3.05) is 13.2 Å². The van der Waals surface area contributed by atoms with Crippen LogP contribution in [0.1, 0.15) is 23.9 Å². The lowest BCUT2D eigenvalue weighted by atomic mass is 10.0. The van der Waals surface area contributed by atoms with Crippen molar-refractivity contribution >= 4 is 10.0 Å². The van der Waals surface area contributed by atoms with Gasteiger partial charge in [-0.25, -0.2) is 26.9 Å². The van der Waals surface area contributed by atoms with E-state index in [2.05, 4.69) is 19.9 Å². The van der Waals surface area contributed by atoms with Gasteiger partial charge in [-0.2, -0.15) is 5.10 Å². The Morgan fingerprint density at radius 3 is 2.75 bits per heavy atom. The van der Waals surface area contributed by atoms with Gasteiger partial charge in [0.25, 0.3) is 0 Å². The summed E-state index contributed by atoms with van der Waals surface area (Å²) in [6, 6.07) is 3.24. The van der Waals surface area contributed by atoms with E-state index in [1.165, 1.54) is 12.4 Å². The molecule has 2 heterocycles. The monoisotopic (exact) mass is 358 g/mol. The van der Waals surface area contributed by atoms with Crippen LogP contribution in [-0.2, 0) is 20.5 Å². The van der Waals surface area contributed by atoms with Crippen LogP contribution < -0.4 is 4.72 Å². The van der Waals surface area contributed by atoms with Gasteiger partial charge in [0.2, 0.25) is 10.0 Å². The van der Waals surface area contributed by atoms with Gasteiger partial charge >= 0.3 is 0 Å². The second-order valence-electron chi connectivity index (χ2n) is 5.52. The summed E-state index contributed by atoms with van der Waals surface area (Å²) >= 11 is 0. The van der Waals surface area contributed by atoms with Crippen LogP contribution in [0.2, 0.25) is 0 Å². The maximum absolute atomic E-state index is 13.6. The van der Waals surface area contributed by atoms with E-state index in [-0.39, 0.29) is 18.6 Å². The normalized spacial score (nSPS) is 21.2. The lowest BCUT2D eigenvalue weighted by molar-refractivity contribution is 0.0848. The molecule has 0 unspecified atom stereocenters. The molecule has 10 heteroatoms. The molecule has 1 aliphatic rings. The summed E-state index contributed by atoms with van der Waals surface area (Å²) in [5.41, 5.74) is -0.473. The van der Waals surface area contributed by atoms with Gasteiger partial charge < -0.3 is 4.74 Å². The molecule has 3 rings (SSSR count). The van der Waals surface area contributed by atoms with Gasteiger partial charge in [-0.1, -0.05) is 6.07 Å². The molecule has 1 aromatic carbocycles. The van der Waals surface area contributed by atoms with E-state index in [1.807, 2.05) is 0 Å². The number of ether oxygens (including phenoxy) is 1. The maximum Gasteiger partial charge on any atom is 0.216 e. The third kappa shape index (κ3) is 3.77. The summed E-state index contributed by atoms with van der Waals surface area (Å²) in [5.74, 6) is -2.14. The Bertz CT molecular complexity index is 778. The average Bonchev–Trinajstić information content (AvgIpc) is 3.19. The van der Waals surface area contributed by atoms with Gasteiger partial charge in [0.1, 0.15) is 24.1 Å². The Kier molecular flexibility index (Phi) is 4.88. The zero-order chi connectivity index (χ0) is 17.2. The zero-order valence-corrected chi connectivity index (χ0v) is 13.4. The molecule has 0 aliphatic carbocycles. The fraction of sp³-hybridized carbons (Fsp3) is 0.429. The van der Waals surface area contributed by atoms with Gasteiger partial charge in [0.15, 0.2) is 5.82 Å². The first-order chi connectivity index (χ1) is 11.5. The Morgan fingerprint density at radius 2 is 2.08 bits per heavy atom. The molecule has 2 aromatic rings. The number of H-pyrrole nitrogens is 1. The highest BCUT2D eigenvalue weighted by Crippen LogP contribution is 2.32. The van der Waals surface area contributed by atoms with Crippen LogP contribution in [0.25, 0.3) is 0 Å². The minimum absolute atomic E-state index is 0.0871. The van der Waals surface area contributed by atoms with Crippen molar-refractivity contribution in [2.45, 2.75) is 18.3 Å². The average molecular weight is 358 g/mol. The molecule has 1 aromatic heterocycles. The Hall–Kier alpha value is -1.91. The first-order valence-corrected chi connectivity index (χ1v) is 8.98. The number of rotatable bonds is 6. The number of nitrogens with one attached hydrogen (secondary N) is 2. The van der Waals surface area contributed by atoms with E-state index in [1.54, 1.807) is 0 Å². The number of halogens is 2. The van der Waals surface area contributed by atoms with Crippen molar-refractivity contribution in [1.82, 2.24) is 19.9 Å². The molecule has 2 N–H and O–H groups in total. The predicted octanol–water partition coefficient (Wildman–Crippen LogP) is 1.28. The SMILES string of the molecule is O=S(=O)(Cc1c(F)cccc1F)NC[C@@H]1CCO[C@@H]1c1ncn[nH]1. The van der Waals surface area contributed by atoms with Gasteiger partial charge in [-0.05, 0) is 18.6 Å². The van der Waals surface area contributed by atoms with Crippen molar-refractivity contribution < 1.29 is 21.9 Å². The number of sulfonamides is 1. The molecular formula is C14H16F2N4O3S. The third-order valence-electron chi connectivity index (χ3n) is 3.88. The van der Waals surface area contributed by atoms with E-state index in [4.69, 9.17) is 4.74 Å². The van der Waals surface area contributed by atoms with Crippen LogP contribution in [0.15, 0.2) is 24.5 Å². The fourth-order valence-electron chi connectivity index (χ4n) is 2.64.